The van der Waals surface area contributed by atoms with Crippen molar-refractivity contribution < 1.29 is 14.3 Å². The maximum atomic E-state index is 12.8. The second-order valence-corrected chi connectivity index (χ2v) is 8.14. The van der Waals surface area contributed by atoms with Crippen LogP contribution in [-0.4, -0.2) is 39.1 Å². The van der Waals surface area contributed by atoms with Crippen LogP contribution in [0.1, 0.15) is 29.8 Å². The molecule has 0 aliphatic carbocycles. The summed E-state index contributed by atoms with van der Waals surface area (Å²) in [5.74, 6) is 1.27. The Morgan fingerprint density at radius 1 is 1.21 bits per heavy atom. The van der Waals surface area contributed by atoms with Crippen molar-refractivity contribution >= 4 is 34.4 Å². The van der Waals surface area contributed by atoms with Gasteiger partial charge in [-0.1, -0.05) is 23.7 Å². The highest BCUT2D eigenvalue weighted by molar-refractivity contribution is 6.31. The van der Waals surface area contributed by atoms with E-state index in [0.717, 1.165) is 27.7 Å². The number of benzene rings is 2. The number of aromatic nitrogens is 3. The molecule has 1 aliphatic heterocycles. The lowest BCUT2D eigenvalue weighted by Gasteiger charge is -2.35. The number of H-pyrrole nitrogens is 1. The number of nitrogen functional groups attached to an aromatic ring is 1. The summed E-state index contributed by atoms with van der Waals surface area (Å²) in [6.07, 6.45) is 3.27. The normalized spacial score (nSPS) is 15.3. The third-order valence-corrected chi connectivity index (χ3v) is 5.89. The molecule has 0 bridgehead atoms. The van der Waals surface area contributed by atoms with E-state index in [-0.39, 0.29) is 12.1 Å². The van der Waals surface area contributed by atoms with Crippen molar-refractivity contribution in [3.63, 3.8) is 0 Å². The van der Waals surface area contributed by atoms with Gasteiger partial charge in [0.1, 0.15) is 17.6 Å². The van der Waals surface area contributed by atoms with Crippen molar-refractivity contribution in [3.8, 4) is 11.6 Å². The Morgan fingerprint density at radius 3 is 2.76 bits per heavy atom. The number of nitrogens with zero attached hydrogens (tertiary/aromatic N) is 3. The van der Waals surface area contributed by atoms with E-state index < -0.39 is 0 Å². The number of carbonyl (C=O) groups is 1. The van der Waals surface area contributed by atoms with Crippen LogP contribution in [0.4, 0.5) is 10.6 Å². The molecule has 0 radical (unpaired) electrons. The van der Waals surface area contributed by atoms with E-state index >= 15 is 0 Å². The van der Waals surface area contributed by atoms with Crippen LogP contribution < -0.4 is 10.5 Å². The van der Waals surface area contributed by atoms with Gasteiger partial charge in [-0.3, -0.25) is 4.90 Å². The zero-order valence-corrected chi connectivity index (χ0v) is 18.7. The number of ether oxygens (including phenoxy) is 2. The molecular formula is C24H22ClN5O3. The van der Waals surface area contributed by atoms with Crippen molar-refractivity contribution in [3.05, 3.63) is 76.7 Å². The Bertz CT molecular complexity index is 1300. The van der Waals surface area contributed by atoms with Gasteiger partial charge in [0, 0.05) is 28.2 Å². The summed E-state index contributed by atoms with van der Waals surface area (Å²) in [5, 5.41) is 1.76. The van der Waals surface area contributed by atoms with E-state index in [0.29, 0.717) is 42.0 Å². The first-order valence-corrected chi connectivity index (χ1v) is 11.0. The number of fused-ring (bicyclic) bond motifs is 3. The van der Waals surface area contributed by atoms with Crippen molar-refractivity contribution in [2.24, 2.45) is 0 Å². The first-order chi connectivity index (χ1) is 16.0. The predicted molar refractivity (Wildman–Crippen MR) is 126 cm³/mol. The molecule has 0 spiro atoms. The maximum Gasteiger partial charge on any atom is 0.410 e. The minimum Gasteiger partial charge on any atom is -0.450 e. The van der Waals surface area contributed by atoms with Gasteiger partial charge in [-0.25, -0.2) is 14.8 Å². The Balaban J connectivity index is 1.52. The van der Waals surface area contributed by atoms with Gasteiger partial charge in [-0.2, -0.15) is 0 Å². The molecule has 1 unspecified atom stereocenters. The minimum atomic E-state index is -0.345. The largest absolute Gasteiger partial charge is 0.450 e. The van der Waals surface area contributed by atoms with Crippen LogP contribution in [-0.2, 0) is 11.2 Å². The highest BCUT2D eigenvalue weighted by Crippen LogP contribution is 2.40. The summed E-state index contributed by atoms with van der Waals surface area (Å²) in [6.45, 7) is 2.65. The zero-order chi connectivity index (χ0) is 22.9. The molecule has 1 atom stereocenters. The number of nitrogens with two attached hydrogens (primary N) is 1. The molecule has 3 N–H and O–H groups in total. The molecule has 3 heterocycles. The van der Waals surface area contributed by atoms with Crippen LogP contribution >= 0.6 is 11.6 Å². The van der Waals surface area contributed by atoms with Crippen molar-refractivity contribution in [1.29, 1.82) is 0 Å². The molecular weight excluding hydrogens is 442 g/mol. The van der Waals surface area contributed by atoms with E-state index in [9.17, 15) is 4.79 Å². The highest BCUT2D eigenvalue weighted by atomic mass is 35.5. The fourth-order valence-corrected chi connectivity index (χ4v) is 4.40. The third-order valence-electron chi connectivity index (χ3n) is 5.66. The summed E-state index contributed by atoms with van der Waals surface area (Å²) in [6, 6.07) is 13.0. The number of hydrogen-bond acceptors (Lipinski definition) is 6. The molecule has 0 fully saturated rings. The smallest absolute Gasteiger partial charge is 0.410 e. The molecule has 1 aliphatic rings. The number of nitrogens with one attached hydrogen (secondary N) is 1. The summed E-state index contributed by atoms with van der Waals surface area (Å²) in [5.41, 5.74) is 9.62. The van der Waals surface area contributed by atoms with Gasteiger partial charge < -0.3 is 20.2 Å². The van der Waals surface area contributed by atoms with E-state index in [1.165, 1.54) is 12.4 Å². The number of aromatic amines is 1. The standard InChI is InChI=1S/C24H22ClN5O3/c1-2-32-24(31)30-10-9-17-18-11-15(25)5-8-19(18)29-22(17)23(30)14-3-6-16(7-4-14)33-21-13-27-20(26)12-28-21/h3-8,11-13,23,29H,2,9-10H2,1H3,(H2,26,27). The van der Waals surface area contributed by atoms with Gasteiger partial charge in [0.25, 0.3) is 0 Å². The Morgan fingerprint density at radius 2 is 2.03 bits per heavy atom. The molecule has 9 heteroatoms. The average Bonchev–Trinajstić information content (AvgIpc) is 3.18. The second kappa shape index (κ2) is 8.63. The molecule has 2 aromatic carbocycles. The third kappa shape index (κ3) is 4.05. The van der Waals surface area contributed by atoms with E-state index in [1.807, 2.05) is 42.5 Å². The molecule has 1 amide bonds. The summed E-state index contributed by atoms with van der Waals surface area (Å²) in [4.78, 5) is 26.2. The molecule has 168 valence electrons. The SMILES string of the molecule is CCOC(=O)N1CCc2c([nH]c3ccc(Cl)cc23)C1c1ccc(Oc2cnc(N)cn2)cc1. The van der Waals surface area contributed by atoms with Gasteiger partial charge in [-0.05, 0) is 54.8 Å². The van der Waals surface area contributed by atoms with Gasteiger partial charge in [-0.15, -0.1) is 0 Å². The quantitative estimate of drug-likeness (QED) is 0.436. The van der Waals surface area contributed by atoms with Gasteiger partial charge in [0.15, 0.2) is 0 Å². The lowest BCUT2D eigenvalue weighted by atomic mass is 9.92. The number of rotatable bonds is 4. The second-order valence-electron chi connectivity index (χ2n) is 7.70. The highest BCUT2D eigenvalue weighted by Gasteiger charge is 2.35. The molecule has 5 rings (SSSR count). The fraction of sp³-hybridized carbons (Fsp3) is 0.208. The molecule has 8 nitrogen and oxygen atoms in total. The van der Waals surface area contributed by atoms with E-state index in [2.05, 4.69) is 15.0 Å². The van der Waals surface area contributed by atoms with E-state index in [1.54, 1.807) is 11.8 Å². The predicted octanol–water partition coefficient (Wildman–Crippen LogP) is 5.09. The fourth-order valence-electron chi connectivity index (χ4n) is 4.23. The number of anilines is 1. The van der Waals surface area contributed by atoms with Crippen molar-refractivity contribution in [2.45, 2.75) is 19.4 Å². The number of halogens is 1. The monoisotopic (exact) mass is 463 g/mol. The molecule has 0 saturated carbocycles. The van der Waals surface area contributed by atoms with Crippen LogP contribution in [0.25, 0.3) is 10.9 Å². The van der Waals surface area contributed by atoms with Crippen LogP contribution in [0.2, 0.25) is 5.02 Å². The topological polar surface area (TPSA) is 106 Å². The van der Waals surface area contributed by atoms with Crippen molar-refractivity contribution in [2.75, 3.05) is 18.9 Å². The van der Waals surface area contributed by atoms with Crippen LogP contribution in [0.5, 0.6) is 11.6 Å². The minimum absolute atomic E-state index is 0.312. The van der Waals surface area contributed by atoms with Gasteiger partial charge in [0.05, 0.1) is 19.0 Å². The van der Waals surface area contributed by atoms with Crippen LogP contribution in [0, 0.1) is 0 Å². The van der Waals surface area contributed by atoms with Crippen LogP contribution in [0.3, 0.4) is 0 Å². The first-order valence-electron chi connectivity index (χ1n) is 10.6. The zero-order valence-electron chi connectivity index (χ0n) is 17.9. The maximum absolute atomic E-state index is 12.8. The number of hydrogen-bond donors (Lipinski definition) is 2. The molecule has 2 aromatic heterocycles. The number of amides is 1. The molecule has 0 saturated heterocycles. The first kappa shape index (κ1) is 21.1. The van der Waals surface area contributed by atoms with Crippen molar-refractivity contribution in [1.82, 2.24) is 19.9 Å². The summed E-state index contributed by atoms with van der Waals surface area (Å²) < 4.78 is 11.1. The summed E-state index contributed by atoms with van der Waals surface area (Å²) in [7, 11) is 0. The van der Waals surface area contributed by atoms with Crippen LogP contribution in [0.15, 0.2) is 54.9 Å². The lowest BCUT2D eigenvalue weighted by molar-refractivity contribution is 0.0932. The Hall–Kier alpha value is -3.78. The summed E-state index contributed by atoms with van der Waals surface area (Å²) >= 11 is 6.26. The molecule has 4 aromatic rings. The molecule has 33 heavy (non-hydrogen) atoms. The Labute approximate surface area is 195 Å². The van der Waals surface area contributed by atoms with E-state index in [4.69, 9.17) is 26.8 Å². The Kier molecular flexibility index (Phi) is 5.51. The number of carbonyl (C=O) groups excluding carboxylic acids is 1. The lowest BCUT2D eigenvalue weighted by Crippen LogP contribution is -2.40. The van der Waals surface area contributed by atoms with Gasteiger partial charge >= 0.3 is 6.09 Å². The average molecular weight is 464 g/mol. The van der Waals surface area contributed by atoms with Gasteiger partial charge in [0.2, 0.25) is 5.88 Å².